The number of nitrogens with zero attached hydrogens (tertiary/aromatic N) is 1. The van der Waals surface area contributed by atoms with Crippen LogP contribution in [0.5, 0.6) is 11.5 Å². The van der Waals surface area contributed by atoms with E-state index < -0.39 is 5.97 Å². The second kappa shape index (κ2) is 5.42. The van der Waals surface area contributed by atoms with E-state index >= 15 is 0 Å². The van der Waals surface area contributed by atoms with E-state index in [1.807, 2.05) is 6.92 Å². The molecule has 1 aromatic carbocycles. The zero-order valence-electron chi connectivity index (χ0n) is 11.1. The van der Waals surface area contributed by atoms with Gasteiger partial charge >= 0.3 is 5.97 Å². The standard InChI is InChI=1S/C13H12ClNO5/c1-6-4-7(8-5-9(13(16)17)20-15-8)12(19-3)10(14)11(6)18-2/h4-5H,1-3H3,(H,16,17). The number of aromatic carboxylic acids is 1. The van der Waals surface area contributed by atoms with E-state index in [0.717, 1.165) is 5.56 Å². The summed E-state index contributed by atoms with van der Waals surface area (Å²) in [7, 11) is 2.96. The molecule has 0 fully saturated rings. The summed E-state index contributed by atoms with van der Waals surface area (Å²) in [5, 5.41) is 12.9. The second-order valence-corrected chi connectivity index (χ2v) is 4.38. The SMILES string of the molecule is COc1c(C)cc(-c2cc(C(=O)O)on2)c(OC)c1Cl. The Bertz CT molecular complexity index is 665. The predicted molar refractivity (Wildman–Crippen MR) is 71.7 cm³/mol. The van der Waals surface area contributed by atoms with Crippen molar-refractivity contribution >= 4 is 17.6 Å². The van der Waals surface area contributed by atoms with Gasteiger partial charge < -0.3 is 19.1 Å². The molecule has 7 heteroatoms. The summed E-state index contributed by atoms with van der Waals surface area (Å²) in [5.41, 5.74) is 1.63. The van der Waals surface area contributed by atoms with E-state index in [9.17, 15) is 4.79 Å². The van der Waals surface area contributed by atoms with Gasteiger partial charge in [0.15, 0.2) is 5.75 Å². The molecule has 0 aliphatic carbocycles. The van der Waals surface area contributed by atoms with Crippen molar-refractivity contribution in [3.8, 4) is 22.8 Å². The molecule has 0 aliphatic heterocycles. The Kier molecular flexibility index (Phi) is 3.85. The zero-order valence-corrected chi connectivity index (χ0v) is 11.8. The molecular formula is C13H12ClNO5. The number of methoxy groups -OCH3 is 2. The average Bonchev–Trinajstić information content (AvgIpc) is 2.88. The molecule has 1 N–H and O–H groups in total. The van der Waals surface area contributed by atoms with Crippen molar-refractivity contribution in [3.05, 3.63) is 28.5 Å². The summed E-state index contributed by atoms with van der Waals surface area (Å²) in [6, 6.07) is 3.05. The van der Waals surface area contributed by atoms with E-state index in [-0.39, 0.29) is 5.76 Å². The molecule has 0 aliphatic rings. The van der Waals surface area contributed by atoms with Crippen LogP contribution in [0.25, 0.3) is 11.3 Å². The molecule has 6 nitrogen and oxygen atoms in total. The molecule has 0 radical (unpaired) electrons. The zero-order chi connectivity index (χ0) is 14.9. The van der Waals surface area contributed by atoms with Gasteiger partial charge in [0.05, 0.1) is 14.2 Å². The largest absolute Gasteiger partial charge is 0.495 e. The molecule has 0 bridgehead atoms. The number of carbonyl (C=O) groups is 1. The maximum Gasteiger partial charge on any atom is 0.374 e. The molecule has 20 heavy (non-hydrogen) atoms. The lowest BCUT2D eigenvalue weighted by atomic mass is 10.1. The van der Waals surface area contributed by atoms with Crippen molar-refractivity contribution in [2.24, 2.45) is 0 Å². The fraction of sp³-hybridized carbons (Fsp3) is 0.231. The van der Waals surface area contributed by atoms with E-state index in [2.05, 4.69) is 5.16 Å². The molecule has 1 heterocycles. The highest BCUT2D eigenvalue weighted by Gasteiger charge is 2.21. The molecule has 0 unspecified atom stereocenters. The monoisotopic (exact) mass is 297 g/mol. The Labute approximate surface area is 119 Å². The molecule has 1 aromatic heterocycles. The fourth-order valence-electron chi connectivity index (χ4n) is 1.89. The van der Waals surface area contributed by atoms with Crippen LogP contribution in [-0.4, -0.2) is 30.5 Å². The van der Waals surface area contributed by atoms with Crippen LogP contribution in [0.3, 0.4) is 0 Å². The highest BCUT2D eigenvalue weighted by atomic mass is 35.5. The topological polar surface area (TPSA) is 81.8 Å². The lowest BCUT2D eigenvalue weighted by Gasteiger charge is -2.14. The van der Waals surface area contributed by atoms with Crippen LogP contribution < -0.4 is 9.47 Å². The van der Waals surface area contributed by atoms with Crippen molar-refractivity contribution in [2.45, 2.75) is 6.92 Å². The number of benzene rings is 1. The quantitative estimate of drug-likeness (QED) is 0.934. The molecule has 2 rings (SSSR count). The van der Waals surface area contributed by atoms with Gasteiger partial charge in [0.1, 0.15) is 16.5 Å². The number of ether oxygens (including phenoxy) is 2. The molecular weight excluding hydrogens is 286 g/mol. The highest BCUT2D eigenvalue weighted by Crippen LogP contribution is 2.43. The molecule has 0 saturated carbocycles. The number of aromatic nitrogens is 1. The Morgan fingerprint density at radius 1 is 1.30 bits per heavy atom. The third kappa shape index (κ3) is 2.30. The van der Waals surface area contributed by atoms with Gasteiger partial charge in [-0.1, -0.05) is 16.8 Å². The molecule has 0 amide bonds. The van der Waals surface area contributed by atoms with Crippen molar-refractivity contribution in [1.82, 2.24) is 5.16 Å². The van der Waals surface area contributed by atoms with Gasteiger partial charge in [0, 0.05) is 11.6 Å². The number of aryl methyl sites for hydroxylation is 1. The first kappa shape index (κ1) is 14.2. The summed E-state index contributed by atoms with van der Waals surface area (Å²) < 4.78 is 15.2. The van der Waals surface area contributed by atoms with Gasteiger partial charge in [0.25, 0.3) is 0 Å². The molecule has 0 spiro atoms. The summed E-state index contributed by atoms with van der Waals surface area (Å²) in [5.74, 6) is -0.612. The van der Waals surface area contributed by atoms with Crippen LogP contribution >= 0.6 is 11.6 Å². The maximum atomic E-state index is 10.8. The minimum atomic E-state index is -1.20. The van der Waals surface area contributed by atoms with Crippen LogP contribution in [0.1, 0.15) is 16.1 Å². The third-order valence-corrected chi connectivity index (χ3v) is 3.11. The number of carboxylic acids is 1. The fourth-order valence-corrected chi connectivity index (χ4v) is 2.29. The third-order valence-electron chi connectivity index (χ3n) is 2.77. The van der Waals surface area contributed by atoms with Gasteiger partial charge in [-0.25, -0.2) is 4.79 Å². The van der Waals surface area contributed by atoms with Crippen molar-refractivity contribution in [2.75, 3.05) is 14.2 Å². The van der Waals surface area contributed by atoms with Crippen LogP contribution in [0.2, 0.25) is 5.02 Å². The van der Waals surface area contributed by atoms with Crippen molar-refractivity contribution in [3.63, 3.8) is 0 Å². The maximum absolute atomic E-state index is 10.8. The lowest BCUT2D eigenvalue weighted by molar-refractivity contribution is 0.0652. The Morgan fingerprint density at radius 2 is 1.95 bits per heavy atom. The second-order valence-electron chi connectivity index (χ2n) is 4.00. The van der Waals surface area contributed by atoms with Crippen molar-refractivity contribution in [1.29, 1.82) is 0 Å². The summed E-state index contributed by atoms with van der Waals surface area (Å²) in [6.45, 7) is 1.81. The molecule has 0 atom stereocenters. The van der Waals surface area contributed by atoms with Gasteiger partial charge in [0.2, 0.25) is 5.76 Å². The first-order valence-electron chi connectivity index (χ1n) is 5.61. The number of rotatable bonds is 4. The normalized spacial score (nSPS) is 10.4. The van der Waals surface area contributed by atoms with Gasteiger partial charge in [-0.05, 0) is 18.6 Å². The molecule has 106 valence electrons. The Hall–Kier alpha value is -2.21. The number of halogens is 1. The predicted octanol–water partition coefficient (Wildman–Crippen LogP) is 3.02. The number of carboxylic acid groups (broad SMARTS) is 1. The summed E-state index contributed by atoms with van der Waals surface area (Å²) >= 11 is 6.21. The summed E-state index contributed by atoms with van der Waals surface area (Å²) in [4.78, 5) is 10.8. The summed E-state index contributed by atoms with van der Waals surface area (Å²) in [6.07, 6.45) is 0. The first-order chi connectivity index (χ1) is 9.49. The number of hydrogen-bond acceptors (Lipinski definition) is 5. The van der Waals surface area contributed by atoms with E-state index in [0.29, 0.717) is 27.8 Å². The smallest absolute Gasteiger partial charge is 0.374 e. The molecule has 2 aromatic rings. The van der Waals surface area contributed by atoms with Crippen LogP contribution in [0, 0.1) is 6.92 Å². The van der Waals surface area contributed by atoms with E-state index in [1.165, 1.54) is 20.3 Å². The van der Waals surface area contributed by atoms with Crippen LogP contribution in [-0.2, 0) is 0 Å². The average molecular weight is 298 g/mol. The van der Waals surface area contributed by atoms with Gasteiger partial charge in [-0.15, -0.1) is 0 Å². The first-order valence-corrected chi connectivity index (χ1v) is 5.98. The Morgan fingerprint density at radius 3 is 2.45 bits per heavy atom. The lowest BCUT2D eigenvalue weighted by Crippen LogP contribution is -1.96. The minimum Gasteiger partial charge on any atom is -0.495 e. The highest BCUT2D eigenvalue weighted by molar-refractivity contribution is 6.34. The van der Waals surface area contributed by atoms with E-state index in [1.54, 1.807) is 6.07 Å². The minimum absolute atomic E-state index is 0.258. The van der Waals surface area contributed by atoms with E-state index in [4.69, 9.17) is 30.7 Å². The van der Waals surface area contributed by atoms with Crippen LogP contribution in [0.4, 0.5) is 0 Å². The molecule has 0 saturated heterocycles. The van der Waals surface area contributed by atoms with Gasteiger partial charge in [-0.3, -0.25) is 0 Å². The van der Waals surface area contributed by atoms with Crippen molar-refractivity contribution < 1.29 is 23.9 Å². The Balaban J connectivity index is 2.63. The number of hydrogen-bond donors (Lipinski definition) is 1. The van der Waals surface area contributed by atoms with Crippen LogP contribution in [0.15, 0.2) is 16.7 Å². The van der Waals surface area contributed by atoms with Gasteiger partial charge in [-0.2, -0.15) is 0 Å².